The predicted molar refractivity (Wildman–Crippen MR) is 84.8 cm³/mol. The fourth-order valence-electron chi connectivity index (χ4n) is 2.11. The summed E-state index contributed by atoms with van der Waals surface area (Å²) in [6.45, 7) is 2.00. The molecule has 1 aromatic carbocycles. The van der Waals surface area contributed by atoms with Crippen LogP contribution in [0.3, 0.4) is 0 Å². The van der Waals surface area contributed by atoms with Gasteiger partial charge in [0.1, 0.15) is 0 Å². The molecule has 116 valence electrons. The Hall–Kier alpha value is -2.08. The van der Waals surface area contributed by atoms with E-state index in [1.54, 1.807) is 6.07 Å². The third-order valence-electron chi connectivity index (χ3n) is 3.22. The molecule has 0 aliphatic carbocycles. The van der Waals surface area contributed by atoms with Gasteiger partial charge in [0.2, 0.25) is 0 Å². The summed E-state index contributed by atoms with van der Waals surface area (Å²) >= 11 is 3.11. The predicted octanol–water partition coefficient (Wildman–Crippen LogP) is 3.02. The Morgan fingerprint density at radius 2 is 2.09 bits per heavy atom. The number of carbonyl (C=O) groups excluding carboxylic acids is 1. The van der Waals surface area contributed by atoms with Crippen molar-refractivity contribution in [2.45, 2.75) is 13.3 Å². The van der Waals surface area contributed by atoms with Crippen LogP contribution >= 0.6 is 15.9 Å². The van der Waals surface area contributed by atoms with Gasteiger partial charge in [-0.1, -0.05) is 29.8 Å². The molecule has 0 radical (unpaired) electrons. The minimum Gasteiger partial charge on any atom is -0.481 e. The second-order valence-electron chi connectivity index (χ2n) is 5.04. The van der Waals surface area contributed by atoms with E-state index in [4.69, 9.17) is 4.42 Å². The Kier molecular flexibility index (Phi) is 5.38. The van der Waals surface area contributed by atoms with Crippen LogP contribution in [0.4, 0.5) is 0 Å². The van der Waals surface area contributed by atoms with Crippen LogP contribution in [0.1, 0.15) is 21.7 Å². The number of hydrogen-bond donors (Lipinski definition) is 2. The molecule has 2 rings (SSSR count). The number of halogens is 1. The molecule has 1 unspecified atom stereocenters. The molecular formula is C16H16BrNO4. The fourth-order valence-corrected chi connectivity index (χ4v) is 2.42. The van der Waals surface area contributed by atoms with E-state index in [1.807, 2.05) is 31.2 Å². The van der Waals surface area contributed by atoms with Crippen LogP contribution in [0.5, 0.6) is 0 Å². The first-order chi connectivity index (χ1) is 10.5. The molecule has 1 atom stereocenters. The van der Waals surface area contributed by atoms with Crippen molar-refractivity contribution in [1.82, 2.24) is 5.32 Å². The number of amides is 1. The molecule has 0 spiro atoms. The third kappa shape index (κ3) is 4.46. The standard InChI is InChI=1S/C16H16BrNO4/c1-10-3-2-4-11(7-10)8-12(16(20)21)9-18-15(19)13-5-6-14(17)22-13/h2-7,12H,8-9H2,1H3,(H,18,19)(H,20,21). The highest BCUT2D eigenvalue weighted by Gasteiger charge is 2.20. The van der Waals surface area contributed by atoms with Crippen molar-refractivity contribution in [3.05, 3.63) is 58.0 Å². The lowest BCUT2D eigenvalue weighted by Gasteiger charge is -2.13. The summed E-state index contributed by atoms with van der Waals surface area (Å²) in [6, 6.07) is 10.8. The van der Waals surface area contributed by atoms with Crippen molar-refractivity contribution < 1.29 is 19.1 Å². The summed E-state index contributed by atoms with van der Waals surface area (Å²) in [4.78, 5) is 23.2. The molecule has 0 aliphatic rings. The van der Waals surface area contributed by atoms with Gasteiger partial charge in [-0.25, -0.2) is 0 Å². The zero-order valence-corrected chi connectivity index (χ0v) is 13.6. The molecule has 1 heterocycles. The molecule has 0 saturated carbocycles. The Morgan fingerprint density at radius 3 is 2.68 bits per heavy atom. The summed E-state index contributed by atoms with van der Waals surface area (Å²) < 4.78 is 5.58. The van der Waals surface area contributed by atoms with Crippen molar-refractivity contribution in [3.63, 3.8) is 0 Å². The molecule has 1 aromatic heterocycles. The number of aryl methyl sites for hydroxylation is 1. The summed E-state index contributed by atoms with van der Waals surface area (Å²) in [5, 5.41) is 11.9. The largest absolute Gasteiger partial charge is 0.481 e. The first-order valence-corrected chi connectivity index (χ1v) is 7.57. The van der Waals surface area contributed by atoms with Gasteiger partial charge in [0.25, 0.3) is 5.91 Å². The monoisotopic (exact) mass is 365 g/mol. The number of carboxylic acids is 1. The number of carbonyl (C=O) groups is 2. The zero-order valence-electron chi connectivity index (χ0n) is 12.0. The van der Waals surface area contributed by atoms with Crippen LogP contribution in [0.15, 0.2) is 45.5 Å². The lowest BCUT2D eigenvalue weighted by molar-refractivity contribution is -0.141. The number of carboxylic acid groups (broad SMARTS) is 1. The normalized spacial score (nSPS) is 11.9. The lowest BCUT2D eigenvalue weighted by Crippen LogP contribution is -2.33. The highest BCUT2D eigenvalue weighted by Crippen LogP contribution is 2.14. The maximum atomic E-state index is 11.9. The maximum absolute atomic E-state index is 11.9. The SMILES string of the molecule is Cc1cccc(CC(CNC(=O)c2ccc(Br)o2)C(=O)O)c1. The summed E-state index contributed by atoms with van der Waals surface area (Å²) in [5.41, 5.74) is 2.01. The summed E-state index contributed by atoms with van der Waals surface area (Å²) in [5.74, 6) is -1.92. The van der Waals surface area contributed by atoms with Crippen LogP contribution in [0.2, 0.25) is 0 Å². The molecule has 1 amide bonds. The molecule has 0 saturated heterocycles. The summed E-state index contributed by atoms with van der Waals surface area (Å²) in [7, 11) is 0. The van der Waals surface area contributed by atoms with Gasteiger partial charge in [-0.05, 0) is 47.0 Å². The number of nitrogens with one attached hydrogen (secondary N) is 1. The van der Waals surface area contributed by atoms with Crippen molar-refractivity contribution >= 4 is 27.8 Å². The average Bonchev–Trinajstić information content (AvgIpc) is 2.89. The topological polar surface area (TPSA) is 79.5 Å². The first kappa shape index (κ1) is 16.3. The van der Waals surface area contributed by atoms with E-state index < -0.39 is 17.8 Å². The number of furan rings is 1. The van der Waals surface area contributed by atoms with Gasteiger partial charge in [-0.15, -0.1) is 0 Å². The molecule has 22 heavy (non-hydrogen) atoms. The van der Waals surface area contributed by atoms with Gasteiger partial charge in [0.05, 0.1) is 5.92 Å². The Labute approximate surface area is 136 Å². The maximum Gasteiger partial charge on any atom is 0.308 e. The van der Waals surface area contributed by atoms with Crippen molar-refractivity contribution in [3.8, 4) is 0 Å². The van der Waals surface area contributed by atoms with E-state index in [2.05, 4.69) is 21.2 Å². The van der Waals surface area contributed by atoms with Gasteiger partial charge in [0, 0.05) is 6.54 Å². The lowest BCUT2D eigenvalue weighted by atomic mass is 9.98. The quantitative estimate of drug-likeness (QED) is 0.824. The van der Waals surface area contributed by atoms with Crippen LogP contribution in [0.25, 0.3) is 0 Å². The minimum absolute atomic E-state index is 0.0421. The second-order valence-corrected chi connectivity index (χ2v) is 5.82. The Morgan fingerprint density at radius 1 is 1.32 bits per heavy atom. The van der Waals surface area contributed by atoms with Crippen LogP contribution in [0, 0.1) is 12.8 Å². The average molecular weight is 366 g/mol. The molecule has 0 bridgehead atoms. The highest BCUT2D eigenvalue weighted by molar-refractivity contribution is 9.10. The van der Waals surface area contributed by atoms with Crippen molar-refractivity contribution in [2.24, 2.45) is 5.92 Å². The third-order valence-corrected chi connectivity index (χ3v) is 3.65. The van der Waals surface area contributed by atoms with E-state index in [-0.39, 0.29) is 12.3 Å². The fraction of sp³-hybridized carbons (Fsp3) is 0.250. The Bertz CT molecular complexity index is 680. The minimum atomic E-state index is -0.942. The van der Waals surface area contributed by atoms with E-state index in [1.165, 1.54) is 6.07 Å². The highest BCUT2D eigenvalue weighted by atomic mass is 79.9. The van der Waals surface area contributed by atoms with Gasteiger partial charge in [-0.2, -0.15) is 0 Å². The first-order valence-electron chi connectivity index (χ1n) is 6.77. The number of hydrogen-bond acceptors (Lipinski definition) is 3. The van der Waals surface area contributed by atoms with Crippen LogP contribution < -0.4 is 5.32 Å². The molecule has 5 nitrogen and oxygen atoms in total. The number of aliphatic carboxylic acids is 1. The van der Waals surface area contributed by atoms with Crippen molar-refractivity contribution in [1.29, 1.82) is 0 Å². The van der Waals surface area contributed by atoms with Gasteiger partial charge in [-0.3, -0.25) is 9.59 Å². The van der Waals surface area contributed by atoms with Gasteiger partial charge < -0.3 is 14.8 Å². The van der Waals surface area contributed by atoms with E-state index in [0.717, 1.165) is 11.1 Å². The smallest absolute Gasteiger partial charge is 0.308 e. The number of rotatable bonds is 6. The number of benzene rings is 1. The van der Waals surface area contributed by atoms with E-state index in [0.29, 0.717) is 11.1 Å². The molecule has 2 N–H and O–H groups in total. The Balaban J connectivity index is 1.97. The zero-order chi connectivity index (χ0) is 16.1. The van der Waals surface area contributed by atoms with Crippen LogP contribution in [-0.2, 0) is 11.2 Å². The van der Waals surface area contributed by atoms with Gasteiger partial charge >= 0.3 is 5.97 Å². The summed E-state index contributed by atoms with van der Waals surface area (Å²) in [6.07, 6.45) is 0.360. The van der Waals surface area contributed by atoms with Crippen LogP contribution in [-0.4, -0.2) is 23.5 Å². The van der Waals surface area contributed by atoms with Gasteiger partial charge in [0.15, 0.2) is 10.4 Å². The second kappa shape index (κ2) is 7.26. The molecule has 6 heteroatoms. The molecule has 0 fully saturated rings. The van der Waals surface area contributed by atoms with E-state index in [9.17, 15) is 14.7 Å². The molecular weight excluding hydrogens is 350 g/mol. The van der Waals surface area contributed by atoms with Crippen molar-refractivity contribution in [2.75, 3.05) is 6.54 Å². The van der Waals surface area contributed by atoms with E-state index >= 15 is 0 Å². The molecule has 2 aromatic rings. The molecule has 0 aliphatic heterocycles.